The second-order valence-corrected chi connectivity index (χ2v) is 7.13. The van der Waals surface area contributed by atoms with E-state index in [1.165, 1.54) is 0 Å². The highest BCUT2D eigenvalue weighted by Gasteiger charge is 2.30. The maximum atomic E-state index is 12.1. The minimum Gasteiger partial charge on any atom is -0.465 e. The predicted octanol–water partition coefficient (Wildman–Crippen LogP) is 3.51. The van der Waals surface area contributed by atoms with Gasteiger partial charge in [-0.2, -0.15) is 0 Å². The summed E-state index contributed by atoms with van der Waals surface area (Å²) in [5.74, 6) is 0.244. The van der Waals surface area contributed by atoms with Crippen molar-refractivity contribution in [2.45, 2.75) is 58.4 Å². The molecule has 0 aliphatic carbocycles. The molecule has 1 aliphatic heterocycles. The standard InChI is InChI=1S/C21H29NO4/c1-17(23)9-5-2-3-8-12-21(25)26-16-19-13-20(24)22(15-19)14-18-10-6-4-7-11-18/h4,6-7,10-11,19H,2-3,5,8-9,12-16H2,1H3. The summed E-state index contributed by atoms with van der Waals surface area (Å²) in [5.41, 5.74) is 1.11. The molecule has 1 saturated heterocycles. The van der Waals surface area contributed by atoms with Gasteiger partial charge in [0, 0.05) is 38.3 Å². The van der Waals surface area contributed by atoms with Crippen molar-refractivity contribution >= 4 is 17.7 Å². The molecule has 1 atom stereocenters. The van der Waals surface area contributed by atoms with Gasteiger partial charge in [-0.1, -0.05) is 43.2 Å². The van der Waals surface area contributed by atoms with Crippen LogP contribution in [0, 0.1) is 5.92 Å². The number of hydrogen-bond acceptors (Lipinski definition) is 4. The largest absolute Gasteiger partial charge is 0.465 e. The van der Waals surface area contributed by atoms with E-state index >= 15 is 0 Å². The van der Waals surface area contributed by atoms with E-state index in [1.54, 1.807) is 6.92 Å². The lowest BCUT2D eigenvalue weighted by atomic mass is 10.1. The number of likely N-dealkylation sites (tertiary alicyclic amines) is 1. The van der Waals surface area contributed by atoms with Gasteiger partial charge < -0.3 is 14.4 Å². The lowest BCUT2D eigenvalue weighted by Crippen LogP contribution is -2.25. The third kappa shape index (κ3) is 7.38. The molecule has 0 aromatic heterocycles. The summed E-state index contributed by atoms with van der Waals surface area (Å²) in [4.78, 5) is 36.6. The van der Waals surface area contributed by atoms with Crippen LogP contribution in [0.2, 0.25) is 0 Å². The van der Waals surface area contributed by atoms with Gasteiger partial charge in [-0.05, 0) is 25.3 Å². The number of ketones is 1. The Morgan fingerprint density at radius 1 is 1.08 bits per heavy atom. The third-order valence-corrected chi connectivity index (χ3v) is 4.65. The summed E-state index contributed by atoms with van der Waals surface area (Å²) >= 11 is 0. The molecule has 142 valence electrons. The molecule has 2 rings (SSSR count). The fourth-order valence-corrected chi connectivity index (χ4v) is 3.20. The summed E-state index contributed by atoms with van der Waals surface area (Å²) in [6.45, 7) is 3.18. The van der Waals surface area contributed by atoms with Gasteiger partial charge in [0.05, 0.1) is 6.61 Å². The average Bonchev–Trinajstić information content (AvgIpc) is 2.96. The molecule has 1 aromatic rings. The summed E-state index contributed by atoms with van der Waals surface area (Å²) in [7, 11) is 0. The number of amides is 1. The van der Waals surface area contributed by atoms with Crippen LogP contribution >= 0.6 is 0 Å². The first-order valence-electron chi connectivity index (χ1n) is 9.51. The Hall–Kier alpha value is -2.17. The van der Waals surface area contributed by atoms with Crippen LogP contribution in [0.15, 0.2) is 30.3 Å². The lowest BCUT2D eigenvalue weighted by molar-refractivity contribution is -0.145. The molecule has 1 aliphatic rings. The highest BCUT2D eigenvalue weighted by atomic mass is 16.5. The van der Waals surface area contributed by atoms with Crippen molar-refractivity contribution in [2.24, 2.45) is 5.92 Å². The highest BCUT2D eigenvalue weighted by molar-refractivity contribution is 5.78. The maximum Gasteiger partial charge on any atom is 0.305 e. The Morgan fingerprint density at radius 2 is 1.77 bits per heavy atom. The second-order valence-electron chi connectivity index (χ2n) is 7.13. The Kier molecular flexibility index (Phi) is 8.32. The van der Waals surface area contributed by atoms with Crippen LogP contribution in [-0.4, -0.2) is 35.7 Å². The third-order valence-electron chi connectivity index (χ3n) is 4.65. The second kappa shape index (κ2) is 10.7. The molecule has 0 saturated carbocycles. The minimum absolute atomic E-state index is 0.0886. The summed E-state index contributed by atoms with van der Waals surface area (Å²) in [5, 5.41) is 0. The summed E-state index contributed by atoms with van der Waals surface area (Å²) < 4.78 is 5.35. The van der Waals surface area contributed by atoms with Crippen LogP contribution < -0.4 is 0 Å². The number of carbonyl (C=O) groups is 3. The lowest BCUT2D eigenvalue weighted by Gasteiger charge is -2.16. The first-order valence-corrected chi connectivity index (χ1v) is 9.51. The van der Waals surface area contributed by atoms with Gasteiger partial charge in [0.1, 0.15) is 5.78 Å². The Balaban J connectivity index is 1.58. The molecular weight excluding hydrogens is 330 g/mol. The van der Waals surface area contributed by atoms with Crippen molar-refractivity contribution in [3.05, 3.63) is 35.9 Å². The first kappa shape index (κ1) is 20.1. The fraction of sp³-hybridized carbons (Fsp3) is 0.571. The zero-order valence-corrected chi connectivity index (χ0v) is 15.6. The number of Topliss-reactive ketones (excluding diaryl/α,β-unsaturated/α-hetero) is 1. The normalized spacial score (nSPS) is 16.7. The molecule has 5 heteroatoms. The molecule has 0 spiro atoms. The number of esters is 1. The van der Waals surface area contributed by atoms with Gasteiger partial charge in [0.15, 0.2) is 0 Å². The van der Waals surface area contributed by atoms with E-state index in [0.717, 1.165) is 31.2 Å². The van der Waals surface area contributed by atoms with Crippen molar-refractivity contribution in [1.82, 2.24) is 4.90 Å². The van der Waals surface area contributed by atoms with E-state index in [0.29, 0.717) is 39.0 Å². The van der Waals surface area contributed by atoms with Crippen LogP contribution in [0.5, 0.6) is 0 Å². The highest BCUT2D eigenvalue weighted by Crippen LogP contribution is 2.20. The Bertz CT molecular complexity index is 599. The zero-order chi connectivity index (χ0) is 18.8. The molecule has 1 aromatic carbocycles. The Labute approximate surface area is 155 Å². The molecule has 0 N–H and O–H groups in total. The van der Waals surface area contributed by atoms with Crippen molar-refractivity contribution < 1.29 is 19.1 Å². The number of nitrogens with zero attached hydrogens (tertiary/aromatic N) is 1. The van der Waals surface area contributed by atoms with Crippen LogP contribution in [-0.2, 0) is 25.7 Å². The van der Waals surface area contributed by atoms with Gasteiger partial charge in [-0.15, -0.1) is 0 Å². The van der Waals surface area contributed by atoms with Crippen molar-refractivity contribution in [1.29, 1.82) is 0 Å². The molecule has 0 radical (unpaired) electrons. The molecule has 1 amide bonds. The monoisotopic (exact) mass is 359 g/mol. The number of rotatable bonds is 11. The SMILES string of the molecule is CC(=O)CCCCCCC(=O)OCC1CC(=O)N(Cc2ccccc2)C1. The quantitative estimate of drug-likeness (QED) is 0.448. The Morgan fingerprint density at radius 3 is 2.46 bits per heavy atom. The fourth-order valence-electron chi connectivity index (χ4n) is 3.20. The molecule has 1 unspecified atom stereocenters. The smallest absolute Gasteiger partial charge is 0.305 e. The minimum atomic E-state index is -0.189. The van der Waals surface area contributed by atoms with Gasteiger partial charge in [0.25, 0.3) is 0 Å². The summed E-state index contributed by atoms with van der Waals surface area (Å²) in [6.07, 6.45) is 5.08. The van der Waals surface area contributed by atoms with Gasteiger partial charge >= 0.3 is 5.97 Å². The van der Waals surface area contributed by atoms with Crippen LogP contribution in [0.25, 0.3) is 0 Å². The maximum absolute atomic E-state index is 12.1. The van der Waals surface area contributed by atoms with E-state index in [9.17, 15) is 14.4 Å². The first-order chi connectivity index (χ1) is 12.5. The molecule has 1 heterocycles. The van der Waals surface area contributed by atoms with Crippen LogP contribution in [0.1, 0.15) is 57.4 Å². The zero-order valence-electron chi connectivity index (χ0n) is 15.6. The van der Waals surface area contributed by atoms with Crippen molar-refractivity contribution in [2.75, 3.05) is 13.2 Å². The number of ether oxygens (including phenoxy) is 1. The average molecular weight is 359 g/mol. The van der Waals surface area contributed by atoms with Gasteiger partial charge in [-0.3, -0.25) is 9.59 Å². The van der Waals surface area contributed by atoms with Crippen LogP contribution in [0.4, 0.5) is 0 Å². The number of hydrogen-bond donors (Lipinski definition) is 0. The number of unbranched alkanes of at least 4 members (excludes halogenated alkanes) is 3. The van der Waals surface area contributed by atoms with Gasteiger partial charge in [0.2, 0.25) is 5.91 Å². The summed E-state index contributed by atoms with van der Waals surface area (Å²) in [6, 6.07) is 9.92. The van der Waals surface area contributed by atoms with E-state index in [2.05, 4.69) is 0 Å². The number of carbonyl (C=O) groups excluding carboxylic acids is 3. The van der Waals surface area contributed by atoms with E-state index < -0.39 is 0 Å². The topological polar surface area (TPSA) is 63.7 Å². The molecule has 26 heavy (non-hydrogen) atoms. The molecule has 5 nitrogen and oxygen atoms in total. The van der Waals surface area contributed by atoms with E-state index in [4.69, 9.17) is 4.74 Å². The predicted molar refractivity (Wildman–Crippen MR) is 99.3 cm³/mol. The van der Waals surface area contributed by atoms with E-state index in [1.807, 2.05) is 35.2 Å². The molecule has 0 bridgehead atoms. The van der Waals surface area contributed by atoms with E-state index in [-0.39, 0.29) is 23.6 Å². The number of benzene rings is 1. The van der Waals surface area contributed by atoms with Gasteiger partial charge in [-0.25, -0.2) is 0 Å². The molecule has 1 fully saturated rings. The molecular formula is C21H29NO4. The van der Waals surface area contributed by atoms with Crippen molar-refractivity contribution in [3.8, 4) is 0 Å². The van der Waals surface area contributed by atoms with Crippen molar-refractivity contribution in [3.63, 3.8) is 0 Å². The van der Waals surface area contributed by atoms with Crippen LogP contribution in [0.3, 0.4) is 0 Å².